The van der Waals surface area contributed by atoms with Gasteiger partial charge in [0, 0.05) is 30.5 Å². The molecule has 0 radical (unpaired) electrons. The van der Waals surface area contributed by atoms with E-state index >= 15 is 0 Å². The van der Waals surface area contributed by atoms with Crippen LogP contribution in [-0.4, -0.2) is 60.7 Å². The predicted octanol–water partition coefficient (Wildman–Crippen LogP) is 7.56. The topological polar surface area (TPSA) is 105 Å². The SMILES string of the molecule is CCCN(CCC(C)C(C)Cc1ccc(-c2cc3c(s2)C(Oc2ccc(NC(=O)NC4CC4)cc2F)=CCN3)nc1)CC(=O)OCC. The second kappa shape index (κ2) is 16.2. The first kappa shape index (κ1) is 34.4. The molecule has 2 aromatic heterocycles. The Morgan fingerprint density at radius 1 is 1.13 bits per heavy atom. The Morgan fingerprint density at radius 3 is 2.66 bits per heavy atom. The molecule has 3 N–H and O–H groups in total. The van der Waals surface area contributed by atoms with Crippen LogP contribution >= 0.6 is 11.3 Å². The van der Waals surface area contributed by atoms with Gasteiger partial charge < -0.3 is 25.4 Å². The van der Waals surface area contributed by atoms with Gasteiger partial charge in [0.15, 0.2) is 11.6 Å². The van der Waals surface area contributed by atoms with Crippen LogP contribution in [0.4, 0.5) is 20.6 Å². The van der Waals surface area contributed by atoms with Crippen molar-refractivity contribution in [3.05, 3.63) is 64.9 Å². The van der Waals surface area contributed by atoms with E-state index in [2.05, 4.69) is 59.8 Å². The van der Waals surface area contributed by atoms with Crippen molar-refractivity contribution in [1.29, 1.82) is 0 Å². The highest BCUT2D eigenvalue weighted by molar-refractivity contribution is 7.17. The molecule has 11 heteroatoms. The average molecular weight is 664 g/mol. The van der Waals surface area contributed by atoms with Crippen molar-refractivity contribution < 1.29 is 23.5 Å². The number of carbonyl (C=O) groups is 2. The van der Waals surface area contributed by atoms with Gasteiger partial charge >= 0.3 is 12.0 Å². The fraction of sp³-hybridized carbons (Fsp3) is 0.472. The number of rotatable bonds is 16. The number of halogens is 1. The van der Waals surface area contributed by atoms with Crippen molar-refractivity contribution in [2.45, 2.75) is 65.8 Å². The molecule has 2 atom stereocenters. The minimum absolute atomic E-state index is 0.0927. The summed E-state index contributed by atoms with van der Waals surface area (Å²) in [7, 11) is 0. The van der Waals surface area contributed by atoms with Crippen LogP contribution in [-0.2, 0) is 16.0 Å². The number of carbonyl (C=O) groups excluding carboxylic acids is 2. The Hall–Kier alpha value is -3.96. The van der Waals surface area contributed by atoms with Crippen LogP contribution in [0.5, 0.6) is 5.75 Å². The average Bonchev–Trinajstić information content (AvgIpc) is 3.74. The molecule has 2 amide bonds. The molecule has 3 aromatic rings. The molecule has 2 unspecified atom stereocenters. The molecule has 0 saturated heterocycles. The maximum atomic E-state index is 15.0. The van der Waals surface area contributed by atoms with Crippen LogP contribution < -0.4 is 20.7 Å². The van der Waals surface area contributed by atoms with Crippen molar-refractivity contribution in [2.75, 3.05) is 43.4 Å². The summed E-state index contributed by atoms with van der Waals surface area (Å²) in [6.07, 6.45) is 8.75. The number of benzene rings is 1. The summed E-state index contributed by atoms with van der Waals surface area (Å²) in [5, 5.41) is 8.88. The maximum Gasteiger partial charge on any atom is 0.320 e. The van der Waals surface area contributed by atoms with Crippen LogP contribution in [0.1, 0.15) is 63.8 Å². The monoisotopic (exact) mass is 663 g/mol. The Kier molecular flexibility index (Phi) is 11.9. The fourth-order valence-electron chi connectivity index (χ4n) is 5.54. The normalized spacial score (nSPS) is 15.2. The second-order valence-electron chi connectivity index (χ2n) is 12.5. The Bertz CT molecular complexity index is 1560. The van der Waals surface area contributed by atoms with Crippen molar-refractivity contribution >= 4 is 40.5 Å². The highest BCUT2D eigenvalue weighted by atomic mass is 32.1. The summed E-state index contributed by atoms with van der Waals surface area (Å²) in [6.45, 7) is 11.6. The Morgan fingerprint density at radius 2 is 1.96 bits per heavy atom. The number of pyridine rings is 1. The summed E-state index contributed by atoms with van der Waals surface area (Å²) in [5.74, 6) is 0.916. The molecular weight excluding hydrogens is 617 g/mol. The first-order valence-electron chi connectivity index (χ1n) is 16.7. The summed E-state index contributed by atoms with van der Waals surface area (Å²) < 4.78 is 26.2. The van der Waals surface area contributed by atoms with E-state index in [1.165, 1.54) is 17.7 Å². The molecule has 5 rings (SSSR count). The van der Waals surface area contributed by atoms with Crippen molar-refractivity contribution in [3.63, 3.8) is 0 Å². The molecule has 0 bridgehead atoms. The molecule has 2 aliphatic rings. The van der Waals surface area contributed by atoms with Gasteiger partial charge in [-0.15, -0.1) is 11.3 Å². The van der Waals surface area contributed by atoms with E-state index < -0.39 is 5.82 Å². The zero-order valence-electron chi connectivity index (χ0n) is 27.7. The lowest BCUT2D eigenvalue weighted by molar-refractivity contribution is -0.144. The highest BCUT2D eigenvalue weighted by Gasteiger charge is 2.24. The lowest BCUT2D eigenvalue weighted by atomic mass is 9.87. The minimum atomic E-state index is -0.553. The van der Waals surface area contributed by atoms with Crippen LogP contribution in [0, 0.1) is 17.7 Å². The fourth-order valence-corrected chi connectivity index (χ4v) is 6.62. The number of nitrogens with one attached hydrogen (secondary N) is 3. The molecule has 1 aliphatic heterocycles. The number of thiophene rings is 1. The number of ether oxygens (including phenoxy) is 2. The maximum absolute atomic E-state index is 15.0. The molecule has 1 aromatic carbocycles. The first-order chi connectivity index (χ1) is 22.7. The van der Waals surface area contributed by atoms with Crippen LogP contribution in [0.25, 0.3) is 16.3 Å². The second-order valence-corrected chi connectivity index (χ2v) is 13.6. The molecule has 1 saturated carbocycles. The lowest BCUT2D eigenvalue weighted by Crippen LogP contribution is -2.33. The number of fused-ring (bicyclic) bond motifs is 1. The zero-order valence-corrected chi connectivity index (χ0v) is 28.6. The summed E-state index contributed by atoms with van der Waals surface area (Å²) in [6, 6.07) is 10.6. The number of hydrogen-bond donors (Lipinski definition) is 3. The third-order valence-electron chi connectivity index (χ3n) is 8.56. The molecule has 47 heavy (non-hydrogen) atoms. The number of hydrogen-bond acceptors (Lipinski definition) is 8. The molecule has 9 nitrogen and oxygen atoms in total. The van der Waals surface area contributed by atoms with Gasteiger partial charge in [-0.25, -0.2) is 9.18 Å². The third-order valence-corrected chi connectivity index (χ3v) is 9.73. The largest absolute Gasteiger partial charge is 0.465 e. The van der Waals surface area contributed by atoms with Gasteiger partial charge in [-0.2, -0.15) is 0 Å². The van der Waals surface area contributed by atoms with Crippen LogP contribution in [0.2, 0.25) is 0 Å². The van der Waals surface area contributed by atoms with Gasteiger partial charge in [-0.05, 0) is 99.9 Å². The number of urea groups is 1. The van der Waals surface area contributed by atoms with Gasteiger partial charge in [0.1, 0.15) is 5.76 Å². The molecule has 0 spiro atoms. The highest BCUT2D eigenvalue weighted by Crippen LogP contribution is 2.41. The van der Waals surface area contributed by atoms with Gasteiger partial charge in [-0.1, -0.05) is 26.8 Å². The summed E-state index contributed by atoms with van der Waals surface area (Å²) >= 11 is 1.55. The van der Waals surface area contributed by atoms with E-state index in [1.807, 2.05) is 19.2 Å². The quantitative estimate of drug-likeness (QED) is 0.136. The number of aromatic nitrogens is 1. The summed E-state index contributed by atoms with van der Waals surface area (Å²) in [5.41, 5.74) is 3.35. The molecule has 252 valence electrons. The van der Waals surface area contributed by atoms with Crippen molar-refractivity contribution in [2.24, 2.45) is 11.8 Å². The Balaban J connectivity index is 1.16. The first-order valence-corrected chi connectivity index (χ1v) is 17.5. The van der Waals surface area contributed by atoms with E-state index in [0.717, 1.165) is 66.3 Å². The minimum Gasteiger partial charge on any atom is -0.465 e. The smallest absolute Gasteiger partial charge is 0.320 e. The van der Waals surface area contributed by atoms with Crippen LogP contribution in [0.15, 0.2) is 48.7 Å². The van der Waals surface area contributed by atoms with E-state index in [0.29, 0.717) is 43.0 Å². The number of amides is 2. The van der Waals surface area contributed by atoms with Gasteiger partial charge in [0.05, 0.1) is 34.3 Å². The van der Waals surface area contributed by atoms with Crippen LogP contribution in [0.3, 0.4) is 0 Å². The molecule has 1 fully saturated rings. The molecule has 1 aliphatic carbocycles. The van der Waals surface area contributed by atoms with Crippen molar-refractivity contribution in [3.8, 4) is 16.3 Å². The summed E-state index contributed by atoms with van der Waals surface area (Å²) in [4.78, 5) is 32.9. The third kappa shape index (κ3) is 9.77. The number of nitrogens with zero attached hydrogens (tertiary/aromatic N) is 2. The standard InChI is InChI=1S/C36H46FN5O4S/c1-5-16-42(22-34(43)45-6-2)17-14-23(3)24(4)18-25-7-11-29(39-21-25)33-20-30-35(47-33)32(13-15-38-30)46-31-12-10-27(19-28(31)37)41-36(44)40-26-8-9-26/h7,10-13,19-21,23-24,26,38H,5-6,8-9,14-18,22H2,1-4H3,(H2,40,41,44). The lowest BCUT2D eigenvalue weighted by Gasteiger charge is -2.25. The van der Waals surface area contributed by atoms with Gasteiger partial charge in [0.2, 0.25) is 0 Å². The predicted molar refractivity (Wildman–Crippen MR) is 186 cm³/mol. The molecular formula is C36H46FN5O4S. The van der Waals surface area contributed by atoms with E-state index in [-0.39, 0.29) is 23.8 Å². The van der Waals surface area contributed by atoms with E-state index in [4.69, 9.17) is 14.5 Å². The van der Waals surface area contributed by atoms with E-state index in [9.17, 15) is 14.0 Å². The number of esters is 1. The zero-order chi connectivity index (χ0) is 33.3. The van der Waals surface area contributed by atoms with E-state index in [1.54, 1.807) is 17.4 Å². The van der Waals surface area contributed by atoms with Gasteiger partial charge in [0.25, 0.3) is 0 Å². The number of anilines is 2. The molecule has 3 heterocycles. The van der Waals surface area contributed by atoms with Gasteiger partial charge in [-0.3, -0.25) is 14.7 Å². The van der Waals surface area contributed by atoms with Crippen molar-refractivity contribution in [1.82, 2.24) is 15.2 Å². The Labute approximate surface area is 280 Å².